The number of rotatable bonds is 7. The molecule has 0 spiro atoms. The molecule has 0 saturated heterocycles. The minimum absolute atomic E-state index is 0.249. The predicted octanol–water partition coefficient (Wildman–Crippen LogP) is 0.986. The van der Waals surface area contributed by atoms with Gasteiger partial charge in [0.2, 0.25) is 0 Å². The molecule has 1 rings (SSSR count). The normalized spacial score (nSPS) is 9.88. The molecule has 0 unspecified atom stereocenters. The Morgan fingerprint density at radius 3 is 3.12 bits per heavy atom. The van der Waals surface area contributed by atoms with Crippen LogP contribution < -0.4 is 11.1 Å². The van der Waals surface area contributed by atoms with Crippen LogP contribution in [-0.4, -0.2) is 30.6 Å². The van der Waals surface area contributed by atoms with Gasteiger partial charge in [0, 0.05) is 12.7 Å². The van der Waals surface area contributed by atoms with Crippen molar-refractivity contribution in [2.45, 2.75) is 6.42 Å². The van der Waals surface area contributed by atoms with Crippen molar-refractivity contribution in [1.29, 1.82) is 0 Å². The maximum atomic E-state index is 11.6. The molecule has 0 bridgehead atoms. The molecule has 0 aliphatic heterocycles. The van der Waals surface area contributed by atoms with Crippen molar-refractivity contribution in [3.63, 3.8) is 0 Å². The first-order valence-corrected chi connectivity index (χ1v) is 5.43. The summed E-state index contributed by atoms with van der Waals surface area (Å²) in [5.74, 6) is -0.282. The van der Waals surface area contributed by atoms with E-state index in [2.05, 4.69) is 16.9 Å². The van der Waals surface area contributed by atoms with Crippen molar-refractivity contribution in [2.24, 2.45) is 0 Å². The summed E-state index contributed by atoms with van der Waals surface area (Å²) < 4.78 is 5.25. The summed E-state index contributed by atoms with van der Waals surface area (Å²) in [6.45, 7) is 5.10. The fraction of sp³-hybridized carbons (Fsp3) is 0.333. The largest absolute Gasteiger partial charge is 0.397 e. The molecule has 1 aromatic rings. The van der Waals surface area contributed by atoms with E-state index >= 15 is 0 Å². The summed E-state index contributed by atoms with van der Waals surface area (Å²) in [6.07, 6.45) is 4.13. The van der Waals surface area contributed by atoms with Crippen molar-refractivity contribution >= 4 is 11.6 Å². The van der Waals surface area contributed by atoms with Gasteiger partial charge in [-0.3, -0.25) is 4.79 Å². The van der Waals surface area contributed by atoms with E-state index in [0.29, 0.717) is 25.4 Å². The number of hydrogen-bond acceptors (Lipinski definition) is 4. The molecule has 0 aliphatic rings. The average Bonchev–Trinajstić information content (AvgIpc) is 2.34. The van der Waals surface area contributed by atoms with Gasteiger partial charge >= 0.3 is 0 Å². The third kappa shape index (κ3) is 4.65. The molecule has 0 aromatic carbocycles. The van der Waals surface area contributed by atoms with E-state index in [1.54, 1.807) is 18.2 Å². The molecule has 1 heterocycles. The maximum Gasteiger partial charge on any atom is 0.272 e. The molecule has 1 amide bonds. The van der Waals surface area contributed by atoms with Gasteiger partial charge in [0.05, 0.1) is 18.9 Å². The van der Waals surface area contributed by atoms with Gasteiger partial charge in [-0.2, -0.15) is 0 Å². The smallest absolute Gasteiger partial charge is 0.272 e. The van der Waals surface area contributed by atoms with Crippen LogP contribution in [0.15, 0.2) is 31.0 Å². The molecular formula is C12H17N3O2. The van der Waals surface area contributed by atoms with Gasteiger partial charge in [-0.05, 0) is 18.6 Å². The highest BCUT2D eigenvalue weighted by atomic mass is 16.5. The minimum atomic E-state index is -0.282. The fourth-order valence-electron chi connectivity index (χ4n) is 1.20. The number of nitrogens with zero attached hydrogens (tertiary/aromatic N) is 1. The summed E-state index contributed by atoms with van der Waals surface area (Å²) in [7, 11) is 0. The summed E-state index contributed by atoms with van der Waals surface area (Å²) in [5, 5.41) is 2.68. The Balaban J connectivity index is 2.26. The quantitative estimate of drug-likeness (QED) is 0.545. The zero-order valence-corrected chi connectivity index (χ0v) is 9.69. The van der Waals surface area contributed by atoms with E-state index in [9.17, 15) is 4.79 Å². The molecule has 1 aromatic heterocycles. The van der Waals surface area contributed by atoms with Crippen LogP contribution in [0.2, 0.25) is 0 Å². The molecule has 92 valence electrons. The number of carbonyl (C=O) groups is 1. The van der Waals surface area contributed by atoms with Crippen LogP contribution in [0.25, 0.3) is 0 Å². The second kappa shape index (κ2) is 7.40. The summed E-state index contributed by atoms with van der Waals surface area (Å²) in [4.78, 5) is 15.5. The highest BCUT2D eigenvalue weighted by molar-refractivity contribution is 5.96. The molecule has 0 saturated carbocycles. The Morgan fingerprint density at radius 2 is 2.41 bits per heavy atom. The molecular weight excluding hydrogens is 218 g/mol. The van der Waals surface area contributed by atoms with Crippen molar-refractivity contribution in [3.8, 4) is 0 Å². The van der Waals surface area contributed by atoms with Crippen LogP contribution in [0.4, 0.5) is 5.69 Å². The lowest BCUT2D eigenvalue weighted by Crippen LogP contribution is -2.28. The number of pyridine rings is 1. The van der Waals surface area contributed by atoms with Gasteiger partial charge in [-0.25, -0.2) is 4.98 Å². The Kier molecular flexibility index (Phi) is 5.74. The topological polar surface area (TPSA) is 77.2 Å². The Labute approximate surface area is 101 Å². The zero-order valence-electron chi connectivity index (χ0n) is 9.69. The molecule has 3 N–H and O–H groups in total. The van der Waals surface area contributed by atoms with E-state index in [1.807, 2.05) is 0 Å². The molecule has 0 radical (unpaired) electrons. The first-order valence-electron chi connectivity index (χ1n) is 5.43. The first kappa shape index (κ1) is 13.2. The summed E-state index contributed by atoms with van der Waals surface area (Å²) in [5.41, 5.74) is 6.25. The van der Waals surface area contributed by atoms with Crippen molar-refractivity contribution < 1.29 is 9.53 Å². The van der Waals surface area contributed by atoms with E-state index < -0.39 is 0 Å². The standard InChI is InChI=1S/C12H17N3O2/c1-2-3-8-17-9-7-15-12(16)11-10(13)5-4-6-14-11/h2,4-6H,1,3,7-9,13H2,(H,15,16). The lowest BCUT2D eigenvalue weighted by atomic mass is 10.3. The maximum absolute atomic E-state index is 11.6. The number of hydrogen-bond donors (Lipinski definition) is 2. The second-order valence-electron chi connectivity index (χ2n) is 3.39. The van der Waals surface area contributed by atoms with Gasteiger partial charge in [-0.1, -0.05) is 6.08 Å². The average molecular weight is 235 g/mol. The van der Waals surface area contributed by atoms with E-state index in [-0.39, 0.29) is 11.6 Å². The van der Waals surface area contributed by atoms with Gasteiger partial charge in [0.15, 0.2) is 5.69 Å². The third-order valence-electron chi connectivity index (χ3n) is 2.05. The molecule has 17 heavy (non-hydrogen) atoms. The number of ether oxygens (including phenoxy) is 1. The van der Waals surface area contributed by atoms with Crippen LogP contribution in [0.5, 0.6) is 0 Å². The molecule has 0 aliphatic carbocycles. The predicted molar refractivity (Wildman–Crippen MR) is 66.6 cm³/mol. The molecule has 5 nitrogen and oxygen atoms in total. The van der Waals surface area contributed by atoms with Crippen LogP contribution in [0, 0.1) is 0 Å². The molecule has 5 heteroatoms. The van der Waals surface area contributed by atoms with Crippen LogP contribution in [0.1, 0.15) is 16.9 Å². The van der Waals surface area contributed by atoms with Gasteiger partial charge in [-0.15, -0.1) is 6.58 Å². The van der Waals surface area contributed by atoms with Gasteiger partial charge in [0.1, 0.15) is 0 Å². The Morgan fingerprint density at radius 1 is 1.59 bits per heavy atom. The van der Waals surface area contributed by atoms with Crippen molar-refractivity contribution in [3.05, 3.63) is 36.7 Å². The monoisotopic (exact) mass is 235 g/mol. The van der Waals surface area contributed by atoms with E-state index in [0.717, 1.165) is 6.42 Å². The molecule has 0 fully saturated rings. The Hall–Kier alpha value is -1.88. The lowest BCUT2D eigenvalue weighted by molar-refractivity contribution is 0.0914. The van der Waals surface area contributed by atoms with Crippen molar-refractivity contribution in [2.75, 3.05) is 25.5 Å². The second-order valence-corrected chi connectivity index (χ2v) is 3.39. The highest BCUT2D eigenvalue weighted by Gasteiger charge is 2.09. The highest BCUT2D eigenvalue weighted by Crippen LogP contribution is 2.05. The number of anilines is 1. The SMILES string of the molecule is C=CCCOCCNC(=O)c1ncccc1N. The third-order valence-corrected chi connectivity index (χ3v) is 2.05. The van der Waals surface area contributed by atoms with Crippen LogP contribution in [-0.2, 0) is 4.74 Å². The Bertz CT molecular complexity index is 380. The summed E-state index contributed by atoms with van der Waals surface area (Å²) >= 11 is 0. The first-order chi connectivity index (χ1) is 8.25. The number of nitrogens with two attached hydrogens (primary N) is 1. The van der Waals surface area contributed by atoms with Crippen LogP contribution >= 0.6 is 0 Å². The number of nitrogen functional groups attached to an aromatic ring is 1. The fourth-order valence-corrected chi connectivity index (χ4v) is 1.20. The van der Waals surface area contributed by atoms with Gasteiger partial charge in [0.25, 0.3) is 5.91 Å². The number of carbonyl (C=O) groups excluding carboxylic acids is 1. The lowest BCUT2D eigenvalue weighted by Gasteiger charge is -2.06. The van der Waals surface area contributed by atoms with E-state index in [4.69, 9.17) is 10.5 Å². The van der Waals surface area contributed by atoms with Gasteiger partial charge < -0.3 is 15.8 Å². The van der Waals surface area contributed by atoms with Crippen molar-refractivity contribution in [1.82, 2.24) is 10.3 Å². The number of nitrogens with one attached hydrogen (secondary N) is 1. The number of aromatic nitrogens is 1. The van der Waals surface area contributed by atoms with Crippen LogP contribution in [0.3, 0.4) is 0 Å². The zero-order chi connectivity index (χ0) is 12.5. The van der Waals surface area contributed by atoms with E-state index in [1.165, 1.54) is 6.20 Å². The summed E-state index contributed by atoms with van der Waals surface area (Å²) in [6, 6.07) is 3.33. The number of amides is 1. The minimum Gasteiger partial charge on any atom is -0.397 e. The molecule has 0 atom stereocenters.